The lowest BCUT2D eigenvalue weighted by molar-refractivity contribution is 0.0351. The Morgan fingerprint density at radius 1 is 1.20 bits per heavy atom. The molecule has 35 heavy (non-hydrogen) atoms. The van der Waals surface area contributed by atoms with Crippen LogP contribution < -0.4 is 15.6 Å². The number of morpholine rings is 1. The summed E-state index contributed by atoms with van der Waals surface area (Å²) in [6.07, 6.45) is 1.06. The molecule has 0 bridgehead atoms. The number of anilines is 1. The number of fused-ring (bicyclic) bond motifs is 1. The van der Waals surface area contributed by atoms with Crippen molar-refractivity contribution in [2.45, 2.75) is 19.4 Å². The van der Waals surface area contributed by atoms with Crippen molar-refractivity contribution in [3.63, 3.8) is 0 Å². The van der Waals surface area contributed by atoms with Crippen molar-refractivity contribution in [2.75, 3.05) is 37.7 Å². The zero-order valence-corrected chi connectivity index (χ0v) is 18.8. The number of carboxylic acids is 1. The van der Waals surface area contributed by atoms with Crippen LogP contribution in [0.15, 0.2) is 35.3 Å². The summed E-state index contributed by atoms with van der Waals surface area (Å²) in [6.45, 7) is 3.92. The summed E-state index contributed by atoms with van der Waals surface area (Å²) in [7, 11) is 0. The summed E-state index contributed by atoms with van der Waals surface area (Å²) in [5.41, 5.74) is -3.30. The average Bonchev–Trinajstić information content (AvgIpc) is 2.80. The maximum absolute atomic E-state index is 16.0. The smallest absolute Gasteiger partial charge is 0.341 e. The Kier molecular flexibility index (Phi) is 7.08. The number of carboxylic acid groups (broad SMARTS) is 1. The van der Waals surface area contributed by atoms with E-state index in [0.717, 1.165) is 35.5 Å². The lowest BCUT2D eigenvalue weighted by atomic mass is 10.1. The van der Waals surface area contributed by atoms with E-state index in [2.05, 4.69) is 5.32 Å². The van der Waals surface area contributed by atoms with Gasteiger partial charge in [0.15, 0.2) is 5.82 Å². The summed E-state index contributed by atoms with van der Waals surface area (Å²) in [6, 6.07) is 3.18. The van der Waals surface area contributed by atoms with Crippen LogP contribution in [0.4, 0.5) is 23.2 Å². The zero-order valence-electron chi connectivity index (χ0n) is 18.8. The van der Waals surface area contributed by atoms with Crippen LogP contribution in [0, 0.1) is 23.3 Å². The van der Waals surface area contributed by atoms with E-state index >= 15 is 8.78 Å². The van der Waals surface area contributed by atoms with Crippen LogP contribution in [-0.4, -0.2) is 54.5 Å². The van der Waals surface area contributed by atoms with E-state index in [9.17, 15) is 23.5 Å². The van der Waals surface area contributed by atoms with Gasteiger partial charge in [0.25, 0.3) is 0 Å². The molecule has 11 heteroatoms. The zero-order chi connectivity index (χ0) is 25.3. The summed E-state index contributed by atoms with van der Waals surface area (Å²) in [5, 5.41) is 12.0. The normalized spacial score (nSPS) is 16.1. The third-order valence-electron chi connectivity index (χ3n) is 5.90. The molecule has 2 N–H and O–H groups in total. The van der Waals surface area contributed by atoms with Crippen LogP contribution in [-0.2, 0) is 4.74 Å². The molecule has 7 nitrogen and oxygen atoms in total. The van der Waals surface area contributed by atoms with Gasteiger partial charge in [-0.2, -0.15) is 0 Å². The average molecular weight is 493 g/mol. The molecular weight excluding hydrogens is 470 g/mol. The van der Waals surface area contributed by atoms with E-state index < -0.39 is 62.5 Å². The largest absolute Gasteiger partial charge is 0.477 e. The predicted molar refractivity (Wildman–Crippen MR) is 121 cm³/mol. The van der Waals surface area contributed by atoms with Gasteiger partial charge in [-0.3, -0.25) is 4.79 Å². The number of benzene rings is 2. The van der Waals surface area contributed by atoms with Crippen LogP contribution >= 0.6 is 0 Å². The summed E-state index contributed by atoms with van der Waals surface area (Å²) in [5.74, 6) is -5.90. The Labute approximate surface area is 197 Å². The molecule has 0 radical (unpaired) electrons. The fourth-order valence-electron chi connectivity index (χ4n) is 4.25. The first-order chi connectivity index (χ1) is 16.7. The van der Waals surface area contributed by atoms with Gasteiger partial charge >= 0.3 is 5.97 Å². The number of rotatable bonds is 7. The first-order valence-electron chi connectivity index (χ1n) is 11.1. The highest BCUT2D eigenvalue weighted by Crippen LogP contribution is 2.33. The van der Waals surface area contributed by atoms with Gasteiger partial charge in [0.2, 0.25) is 5.43 Å². The first-order valence-corrected chi connectivity index (χ1v) is 11.1. The Balaban J connectivity index is 1.91. The summed E-state index contributed by atoms with van der Waals surface area (Å²) >= 11 is 0. The van der Waals surface area contributed by atoms with Crippen molar-refractivity contribution in [3.05, 3.63) is 69.5 Å². The van der Waals surface area contributed by atoms with Gasteiger partial charge in [-0.25, -0.2) is 22.4 Å². The molecule has 1 aliphatic rings. The highest BCUT2D eigenvalue weighted by Gasteiger charge is 2.29. The summed E-state index contributed by atoms with van der Waals surface area (Å²) in [4.78, 5) is 25.8. The molecule has 1 aliphatic heterocycles. The third-order valence-corrected chi connectivity index (χ3v) is 5.90. The van der Waals surface area contributed by atoms with E-state index in [4.69, 9.17) is 4.74 Å². The number of nitrogens with one attached hydrogen (secondary N) is 1. The number of pyridine rings is 1. The van der Waals surface area contributed by atoms with E-state index in [1.165, 1.54) is 4.90 Å². The van der Waals surface area contributed by atoms with Crippen molar-refractivity contribution >= 4 is 22.6 Å². The second-order valence-electron chi connectivity index (χ2n) is 8.14. The van der Waals surface area contributed by atoms with E-state index in [1.807, 2.05) is 6.92 Å². The number of aromatic carboxylic acids is 1. The maximum atomic E-state index is 16.0. The monoisotopic (exact) mass is 493 g/mol. The first kappa shape index (κ1) is 24.7. The quantitative estimate of drug-likeness (QED) is 0.388. The number of halogens is 4. The molecule has 1 aromatic heterocycles. The molecule has 186 valence electrons. The van der Waals surface area contributed by atoms with Crippen molar-refractivity contribution in [2.24, 2.45) is 0 Å². The van der Waals surface area contributed by atoms with Crippen molar-refractivity contribution in [1.82, 2.24) is 9.88 Å². The Morgan fingerprint density at radius 2 is 1.97 bits per heavy atom. The van der Waals surface area contributed by atoms with E-state index in [1.54, 1.807) is 0 Å². The van der Waals surface area contributed by atoms with Crippen LogP contribution in [0.5, 0.6) is 0 Å². The van der Waals surface area contributed by atoms with Crippen molar-refractivity contribution in [1.29, 1.82) is 0 Å². The molecule has 0 spiro atoms. The standard InChI is InChI=1S/C24H23F4N3O4/c1-2-29-6-5-14-11-30(7-8-35-14)22-18(27)10-15-21(20(22)28)31(12-16(23(15)32)24(33)34)19-4-3-13(25)9-17(19)26/h3-4,9-10,12,14,29H,2,5-8,11H2,1H3,(H,33,34). The molecule has 1 saturated heterocycles. The molecule has 2 aromatic carbocycles. The Morgan fingerprint density at radius 3 is 2.66 bits per heavy atom. The highest BCUT2D eigenvalue weighted by atomic mass is 19.1. The van der Waals surface area contributed by atoms with Crippen LogP contribution in [0.3, 0.4) is 0 Å². The molecule has 0 saturated carbocycles. The number of ether oxygens (including phenoxy) is 1. The fraction of sp³-hybridized carbons (Fsp3) is 0.333. The third kappa shape index (κ3) is 4.73. The van der Waals surface area contributed by atoms with Gasteiger partial charge in [0.1, 0.15) is 28.7 Å². The van der Waals surface area contributed by atoms with Crippen LogP contribution in [0.1, 0.15) is 23.7 Å². The molecule has 1 atom stereocenters. The second-order valence-corrected chi connectivity index (χ2v) is 8.14. The molecular formula is C24H23F4N3O4. The highest BCUT2D eigenvalue weighted by molar-refractivity contribution is 5.94. The summed E-state index contributed by atoms with van der Waals surface area (Å²) < 4.78 is 65.8. The van der Waals surface area contributed by atoms with Gasteiger partial charge in [-0.05, 0) is 37.7 Å². The topological polar surface area (TPSA) is 83.8 Å². The second kappa shape index (κ2) is 10.0. The van der Waals surface area contributed by atoms with Crippen LogP contribution in [0.25, 0.3) is 16.6 Å². The van der Waals surface area contributed by atoms with Crippen molar-refractivity contribution < 1.29 is 32.2 Å². The molecule has 3 aromatic rings. The molecule has 1 unspecified atom stereocenters. The van der Waals surface area contributed by atoms with Gasteiger partial charge in [0.05, 0.1) is 29.3 Å². The lowest BCUT2D eigenvalue weighted by Gasteiger charge is -2.35. The van der Waals surface area contributed by atoms with E-state index in [0.29, 0.717) is 19.0 Å². The molecule has 4 rings (SSSR count). The SMILES string of the molecule is CCNCCC1CN(c2c(F)cc3c(=O)c(C(=O)O)cn(-c4ccc(F)cc4F)c3c2F)CCO1. The van der Waals surface area contributed by atoms with Crippen LogP contribution in [0.2, 0.25) is 0 Å². The minimum atomic E-state index is -1.66. The number of aromatic nitrogens is 1. The number of hydrogen-bond acceptors (Lipinski definition) is 5. The Bertz CT molecular complexity index is 1340. The van der Waals surface area contributed by atoms with Crippen molar-refractivity contribution in [3.8, 4) is 5.69 Å². The number of nitrogens with zero attached hydrogens (tertiary/aromatic N) is 2. The molecule has 0 aliphatic carbocycles. The molecule has 2 heterocycles. The predicted octanol–water partition coefficient (Wildman–Crippen LogP) is 3.45. The minimum Gasteiger partial charge on any atom is -0.477 e. The Hall–Kier alpha value is -3.44. The fourth-order valence-corrected chi connectivity index (χ4v) is 4.25. The van der Waals surface area contributed by atoms with Gasteiger partial charge < -0.3 is 24.6 Å². The number of carbonyl (C=O) groups is 1. The van der Waals surface area contributed by atoms with Gasteiger partial charge in [-0.1, -0.05) is 6.92 Å². The minimum absolute atomic E-state index is 0.166. The maximum Gasteiger partial charge on any atom is 0.341 e. The van der Waals surface area contributed by atoms with Gasteiger partial charge in [0, 0.05) is 25.4 Å². The van der Waals surface area contributed by atoms with Gasteiger partial charge in [-0.15, -0.1) is 0 Å². The van der Waals surface area contributed by atoms with E-state index in [-0.39, 0.29) is 25.8 Å². The number of hydrogen-bond donors (Lipinski definition) is 2. The lowest BCUT2D eigenvalue weighted by Crippen LogP contribution is -2.44. The molecule has 1 fully saturated rings. The molecule has 0 amide bonds.